The quantitative estimate of drug-likeness (QED) is 0.927. The first kappa shape index (κ1) is 17.2. The van der Waals surface area contributed by atoms with Gasteiger partial charge in [0.1, 0.15) is 5.82 Å². The lowest BCUT2D eigenvalue weighted by Gasteiger charge is -2.38. The van der Waals surface area contributed by atoms with Gasteiger partial charge in [0.15, 0.2) is 0 Å². The molecule has 2 fully saturated rings. The average molecular weight is 327 g/mol. The number of nitrogens with zero attached hydrogens (tertiary/aromatic N) is 1. The first-order valence-electron chi connectivity index (χ1n) is 7.89. The predicted octanol–water partition coefficient (Wildman–Crippen LogP) is 3.08. The van der Waals surface area contributed by atoms with Crippen LogP contribution in [0.5, 0.6) is 0 Å². The predicted molar refractivity (Wildman–Crippen MR) is 87.5 cm³/mol. The molecular formula is C17H24ClFN2O. The molecule has 3 rings (SSSR count). The van der Waals surface area contributed by atoms with E-state index in [1.807, 2.05) is 11.8 Å². The lowest BCUT2D eigenvalue weighted by Crippen LogP contribution is -2.52. The van der Waals surface area contributed by atoms with Crippen LogP contribution in [-0.4, -0.2) is 29.4 Å². The van der Waals surface area contributed by atoms with Crippen molar-refractivity contribution in [1.29, 1.82) is 0 Å². The zero-order valence-corrected chi connectivity index (χ0v) is 13.7. The molecule has 1 saturated carbocycles. The van der Waals surface area contributed by atoms with Gasteiger partial charge in [-0.05, 0) is 56.2 Å². The van der Waals surface area contributed by atoms with E-state index in [0.29, 0.717) is 0 Å². The largest absolute Gasteiger partial charge is 0.338 e. The van der Waals surface area contributed by atoms with Crippen molar-refractivity contribution in [2.75, 3.05) is 6.54 Å². The number of benzene rings is 1. The maximum atomic E-state index is 13.0. The van der Waals surface area contributed by atoms with Crippen LogP contribution in [0.3, 0.4) is 0 Å². The van der Waals surface area contributed by atoms with E-state index in [4.69, 9.17) is 5.73 Å². The van der Waals surface area contributed by atoms with Gasteiger partial charge in [0.05, 0.1) is 0 Å². The number of piperidine rings is 1. The fraction of sp³-hybridized carbons (Fsp3) is 0.588. The van der Waals surface area contributed by atoms with Crippen molar-refractivity contribution in [2.24, 2.45) is 11.7 Å². The van der Waals surface area contributed by atoms with Gasteiger partial charge in [0, 0.05) is 24.5 Å². The van der Waals surface area contributed by atoms with E-state index in [0.717, 1.165) is 37.8 Å². The van der Waals surface area contributed by atoms with Crippen molar-refractivity contribution in [1.82, 2.24) is 4.90 Å². The summed E-state index contributed by atoms with van der Waals surface area (Å²) in [5.41, 5.74) is 7.12. The van der Waals surface area contributed by atoms with Crippen molar-refractivity contribution < 1.29 is 9.18 Å². The minimum atomic E-state index is -0.227. The highest BCUT2D eigenvalue weighted by Gasteiger charge is 2.47. The molecule has 122 valence electrons. The second kappa shape index (κ2) is 6.97. The van der Waals surface area contributed by atoms with Gasteiger partial charge in [-0.3, -0.25) is 4.79 Å². The van der Waals surface area contributed by atoms with Gasteiger partial charge in [-0.15, -0.1) is 12.4 Å². The average Bonchev–Trinajstić information content (AvgIpc) is 3.27. The molecule has 0 radical (unpaired) electrons. The zero-order valence-electron chi connectivity index (χ0n) is 12.9. The molecule has 22 heavy (non-hydrogen) atoms. The number of nitrogens with two attached hydrogens (primary N) is 1. The summed E-state index contributed by atoms with van der Waals surface area (Å²) in [6, 6.07) is 6.75. The lowest BCUT2D eigenvalue weighted by molar-refractivity contribution is -0.136. The summed E-state index contributed by atoms with van der Waals surface area (Å²) in [5, 5.41) is 0. The summed E-state index contributed by atoms with van der Waals surface area (Å²) < 4.78 is 13.0. The van der Waals surface area contributed by atoms with Crippen LogP contribution in [0.1, 0.15) is 44.1 Å². The topological polar surface area (TPSA) is 46.3 Å². The molecule has 4 atom stereocenters. The Bertz CT molecular complexity index is 520. The molecule has 1 aromatic rings. The van der Waals surface area contributed by atoms with Gasteiger partial charge >= 0.3 is 0 Å². The van der Waals surface area contributed by atoms with Crippen molar-refractivity contribution in [3.8, 4) is 0 Å². The van der Waals surface area contributed by atoms with E-state index < -0.39 is 0 Å². The molecule has 0 spiro atoms. The van der Waals surface area contributed by atoms with E-state index >= 15 is 0 Å². The van der Waals surface area contributed by atoms with Crippen LogP contribution >= 0.6 is 12.4 Å². The Labute approximate surface area is 137 Å². The van der Waals surface area contributed by atoms with E-state index in [-0.39, 0.29) is 48.1 Å². The number of amides is 1. The molecule has 1 aliphatic heterocycles. The maximum absolute atomic E-state index is 13.0. The molecule has 1 amide bonds. The molecule has 2 N–H and O–H groups in total. The van der Waals surface area contributed by atoms with E-state index in [9.17, 15) is 9.18 Å². The van der Waals surface area contributed by atoms with Gasteiger partial charge in [-0.1, -0.05) is 12.1 Å². The standard InChI is InChI=1S/C17H23FN2O.ClH/c1-11(19)16-4-2-3-9-20(16)17(21)15-10-14(15)12-5-7-13(18)8-6-12;/h5-8,11,14-16H,2-4,9-10,19H2,1H3;1H. The first-order valence-corrected chi connectivity index (χ1v) is 7.89. The van der Waals surface area contributed by atoms with Crippen molar-refractivity contribution >= 4 is 18.3 Å². The highest BCUT2D eigenvalue weighted by Crippen LogP contribution is 2.49. The number of halogens is 2. The van der Waals surface area contributed by atoms with Crippen LogP contribution in [0.4, 0.5) is 4.39 Å². The van der Waals surface area contributed by atoms with Gasteiger partial charge in [-0.2, -0.15) is 0 Å². The minimum Gasteiger partial charge on any atom is -0.338 e. The number of hydrogen-bond acceptors (Lipinski definition) is 2. The molecule has 0 bridgehead atoms. The Kier molecular flexibility index (Phi) is 5.45. The SMILES string of the molecule is CC(N)C1CCCCN1C(=O)C1CC1c1ccc(F)cc1.Cl. The molecule has 2 aliphatic rings. The maximum Gasteiger partial charge on any atom is 0.226 e. The van der Waals surface area contributed by atoms with E-state index in [1.54, 1.807) is 12.1 Å². The minimum absolute atomic E-state index is 0. The van der Waals surface area contributed by atoms with Gasteiger partial charge in [0.2, 0.25) is 5.91 Å². The van der Waals surface area contributed by atoms with Crippen LogP contribution in [0.15, 0.2) is 24.3 Å². The molecule has 4 unspecified atom stereocenters. The molecule has 5 heteroatoms. The third-order valence-electron chi connectivity index (χ3n) is 4.85. The summed E-state index contributed by atoms with van der Waals surface area (Å²) >= 11 is 0. The number of rotatable bonds is 3. The molecule has 1 saturated heterocycles. The van der Waals surface area contributed by atoms with Gasteiger partial charge in [0.25, 0.3) is 0 Å². The fourth-order valence-electron chi connectivity index (χ4n) is 3.54. The first-order chi connectivity index (χ1) is 10.1. The highest BCUT2D eigenvalue weighted by molar-refractivity contribution is 5.85. The normalized spacial score (nSPS) is 28.7. The van der Waals surface area contributed by atoms with E-state index in [1.165, 1.54) is 12.1 Å². The molecular weight excluding hydrogens is 303 g/mol. The van der Waals surface area contributed by atoms with E-state index in [2.05, 4.69) is 0 Å². The number of hydrogen-bond donors (Lipinski definition) is 1. The Hall–Kier alpha value is -1.13. The van der Waals surface area contributed by atoms with Crippen LogP contribution in [0.25, 0.3) is 0 Å². The van der Waals surface area contributed by atoms with Gasteiger partial charge in [-0.25, -0.2) is 4.39 Å². The van der Waals surface area contributed by atoms with Crippen LogP contribution in [0, 0.1) is 11.7 Å². The third-order valence-corrected chi connectivity index (χ3v) is 4.85. The second-order valence-corrected chi connectivity index (χ2v) is 6.45. The fourth-order valence-corrected chi connectivity index (χ4v) is 3.54. The number of likely N-dealkylation sites (tertiary alicyclic amines) is 1. The Morgan fingerprint density at radius 3 is 2.64 bits per heavy atom. The monoisotopic (exact) mass is 326 g/mol. The third kappa shape index (κ3) is 3.44. The Morgan fingerprint density at radius 1 is 1.32 bits per heavy atom. The molecule has 1 aliphatic carbocycles. The molecule has 3 nitrogen and oxygen atoms in total. The van der Waals surface area contributed by atoms with Gasteiger partial charge < -0.3 is 10.6 Å². The second-order valence-electron chi connectivity index (χ2n) is 6.45. The lowest BCUT2D eigenvalue weighted by atomic mass is 9.96. The van der Waals surface area contributed by atoms with Crippen molar-refractivity contribution in [3.05, 3.63) is 35.6 Å². The summed E-state index contributed by atoms with van der Waals surface area (Å²) in [5.74, 6) is 0.338. The number of carbonyl (C=O) groups is 1. The van der Waals surface area contributed by atoms with Crippen LogP contribution in [0.2, 0.25) is 0 Å². The van der Waals surface area contributed by atoms with Crippen LogP contribution < -0.4 is 5.73 Å². The summed E-state index contributed by atoms with van der Waals surface area (Å²) in [6.45, 7) is 2.82. The summed E-state index contributed by atoms with van der Waals surface area (Å²) in [6.07, 6.45) is 4.12. The molecule has 0 aromatic heterocycles. The van der Waals surface area contributed by atoms with Crippen LogP contribution in [-0.2, 0) is 4.79 Å². The van der Waals surface area contributed by atoms with Crippen molar-refractivity contribution in [2.45, 2.75) is 50.6 Å². The summed E-state index contributed by atoms with van der Waals surface area (Å²) in [4.78, 5) is 14.7. The zero-order chi connectivity index (χ0) is 15.0. The Morgan fingerprint density at radius 2 is 2.00 bits per heavy atom. The Balaban J connectivity index is 0.00000176. The smallest absolute Gasteiger partial charge is 0.226 e. The van der Waals surface area contributed by atoms with Crippen molar-refractivity contribution in [3.63, 3.8) is 0 Å². The highest BCUT2D eigenvalue weighted by atomic mass is 35.5. The number of carbonyl (C=O) groups excluding carboxylic acids is 1. The summed E-state index contributed by atoms with van der Waals surface area (Å²) in [7, 11) is 0. The molecule has 1 aromatic carbocycles. The molecule has 1 heterocycles.